The minimum absolute atomic E-state index is 1.07. The average Bonchev–Trinajstić information content (AvgIpc) is 1.90. The maximum atomic E-state index is 8.78. The van der Waals surface area contributed by atoms with Gasteiger partial charge in [-0.3, -0.25) is 0 Å². The predicted octanol–water partition coefficient (Wildman–Crippen LogP) is 1.09. The van der Waals surface area contributed by atoms with Gasteiger partial charge in [0.15, 0.2) is 0 Å². The van der Waals surface area contributed by atoms with Gasteiger partial charge in [-0.1, -0.05) is 6.58 Å². The minimum atomic E-state index is -1.33. The molecule has 0 aromatic rings. The predicted molar refractivity (Wildman–Crippen MR) is 45.3 cm³/mol. The second-order valence-corrected chi connectivity index (χ2v) is 1.74. The number of hydrogen-bond donors (Lipinski definition) is 2. The fraction of sp³-hybridized carbons (Fsp3) is 0.571. The van der Waals surface area contributed by atoms with E-state index in [-0.39, 0.29) is 0 Å². The van der Waals surface area contributed by atoms with Crippen LogP contribution in [0.15, 0.2) is 12.8 Å². The molecule has 3 N–H and O–H groups in total. The maximum Gasteiger partial charge on any atom is 0.402 e. The second kappa shape index (κ2) is 8.81. The van der Waals surface area contributed by atoms with Gasteiger partial charge in [-0.25, -0.2) is 4.79 Å². The monoisotopic (exact) mass is 160 g/mol. The lowest BCUT2D eigenvalue weighted by molar-refractivity contribution is 0.205. The van der Waals surface area contributed by atoms with E-state index in [0.29, 0.717) is 0 Å². The molecule has 0 aliphatic rings. The molecule has 1 amide bonds. The molecule has 0 fully saturated rings. The fourth-order valence-corrected chi connectivity index (χ4v) is 0.482. The second-order valence-electron chi connectivity index (χ2n) is 1.74. The zero-order valence-electron chi connectivity index (χ0n) is 7.08. The fourth-order valence-electron chi connectivity index (χ4n) is 0.482. The first kappa shape index (κ1) is 12.5. The van der Waals surface area contributed by atoms with Crippen molar-refractivity contribution < 1.29 is 9.90 Å². The van der Waals surface area contributed by atoms with E-state index < -0.39 is 6.09 Å². The van der Waals surface area contributed by atoms with Crippen LogP contribution in [0.3, 0.4) is 0 Å². The molecule has 0 unspecified atom stereocenters. The quantitative estimate of drug-likeness (QED) is 0.649. The zero-order chi connectivity index (χ0) is 9.28. The van der Waals surface area contributed by atoms with Crippen molar-refractivity contribution in [3.05, 3.63) is 12.8 Å². The number of hydrogen-bond acceptors (Lipinski definition) is 2. The molecule has 0 saturated heterocycles. The van der Waals surface area contributed by atoms with E-state index in [1.54, 1.807) is 0 Å². The third-order valence-corrected chi connectivity index (χ3v) is 1.07. The minimum Gasteiger partial charge on any atom is -0.465 e. The summed E-state index contributed by atoms with van der Waals surface area (Å²) in [5, 5.41) is 7.19. The van der Waals surface area contributed by atoms with Gasteiger partial charge < -0.3 is 15.7 Å². The summed E-state index contributed by atoms with van der Waals surface area (Å²) in [5.74, 6) is 0. The third-order valence-electron chi connectivity index (χ3n) is 1.07. The molecule has 0 heterocycles. The highest BCUT2D eigenvalue weighted by Gasteiger charge is 1.83. The van der Waals surface area contributed by atoms with Gasteiger partial charge in [0.2, 0.25) is 0 Å². The number of nitrogens with zero attached hydrogens (tertiary/aromatic N) is 1. The molecule has 0 bridgehead atoms. The Hall–Kier alpha value is -1.19. The summed E-state index contributed by atoms with van der Waals surface area (Å²) < 4.78 is 0. The molecule has 0 aromatic heterocycles. The lowest BCUT2D eigenvalue weighted by atomic mass is 10.5. The normalized spacial score (nSPS) is 7.45. The summed E-state index contributed by atoms with van der Waals surface area (Å²) >= 11 is 0. The molecule has 0 rings (SSSR count). The van der Waals surface area contributed by atoms with E-state index in [2.05, 4.69) is 31.1 Å². The Morgan fingerprint density at radius 3 is 1.91 bits per heavy atom. The van der Waals surface area contributed by atoms with Crippen LogP contribution in [0.4, 0.5) is 4.79 Å². The first-order chi connectivity index (χ1) is 5.08. The first-order valence-electron chi connectivity index (χ1n) is 3.43. The summed E-state index contributed by atoms with van der Waals surface area (Å²) in [7, 11) is 0. The van der Waals surface area contributed by atoms with Crippen molar-refractivity contribution in [1.29, 1.82) is 0 Å². The van der Waals surface area contributed by atoms with Gasteiger partial charge in [-0.2, -0.15) is 0 Å². The Morgan fingerprint density at radius 2 is 1.91 bits per heavy atom. The van der Waals surface area contributed by atoms with Gasteiger partial charge in [0.25, 0.3) is 0 Å². The Kier molecular flexibility index (Phi) is 10.00. The zero-order valence-corrected chi connectivity index (χ0v) is 7.08. The lowest BCUT2D eigenvalue weighted by Crippen LogP contribution is -2.14. The molecule has 0 spiro atoms. The molecule has 0 saturated carbocycles. The summed E-state index contributed by atoms with van der Waals surface area (Å²) in [6.07, 6.45) is 0.528. The molecule has 0 aromatic carbocycles. The van der Waals surface area contributed by atoms with Crippen molar-refractivity contribution in [3.63, 3.8) is 0 Å². The topological polar surface area (TPSA) is 66.6 Å². The number of rotatable bonds is 3. The van der Waals surface area contributed by atoms with Crippen LogP contribution >= 0.6 is 0 Å². The van der Waals surface area contributed by atoms with Crippen molar-refractivity contribution in [3.8, 4) is 0 Å². The van der Waals surface area contributed by atoms with Gasteiger partial charge in [0.1, 0.15) is 0 Å². The lowest BCUT2D eigenvalue weighted by Gasteiger charge is -2.12. The van der Waals surface area contributed by atoms with Crippen LogP contribution in [-0.4, -0.2) is 29.2 Å². The summed E-state index contributed by atoms with van der Waals surface area (Å²) in [4.78, 5) is 10.9. The molecule has 0 aliphatic heterocycles. The SMILES string of the molecule is C=CN(CC)CC.NC(=O)O. The molecular weight excluding hydrogens is 144 g/mol. The highest BCUT2D eigenvalue weighted by molar-refractivity contribution is 5.61. The Labute approximate surface area is 67.3 Å². The summed E-state index contributed by atoms with van der Waals surface area (Å²) in [5.41, 5.74) is 4.03. The van der Waals surface area contributed by atoms with Crippen molar-refractivity contribution in [2.45, 2.75) is 13.8 Å². The molecule has 4 nitrogen and oxygen atoms in total. The van der Waals surface area contributed by atoms with Gasteiger partial charge >= 0.3 is 6.09 Å². The van der Waals surface area contributed by atoms with Crippen LogP contribution in [0.25, 0.3) is 0 Å². The Balaban J connectivity index is 0. The third kappa shape index (κ3) is 17.7. The molecule has 4 heteroatoms. The van der Waals surface area contributed by atoms with Crippen LogP contribution in [-0.2, 0) is 0 Å². The largest absolute Gasteiger partial charge is 0.465 e. The van der Waals surface area contributed by atoms with Crippen molar-refractivity contribution in [2.75, 3.05) is 13.1 Å². The average molecular weight is 160 g/mol. The van der Waals surface area contributed by atoms with Crippen LogP contribution in [0.5, 0.6) is 0 Å². The van der Waals surface area contributed by atoms with Crippen molar-refractivity contribution in [2.24, 2.45) is 5.73 Å². The maximum absolute atomic E-state index is 8.78. The van der Waals surface area contributed by atoms with Crippen LogP contribution in [0, 0.1) is 0 Å². The number of carboxylic acid groups (broad SMARTS) is 1. The Bertz CT molecular complexity index is 107. The van der Waals surface area contributed by atoms with Crippen LogP contribution in [0.2, 0.25) is 0 Å². The van der Waals surface area contributed by atoms with Gasteiger partial charge in [-0.15, -0.1) is 0 Å². The first-order valence-corrected chi connectivity index (χ1v) is 3.43. The number of nitrogens with two attached hydrogens (primary N) is 1. The molecular formula is C7H16N2O2. The Morgan fingerprint density at radius 1 is 1.64 bits per heavy atom. The van der Waals surface area contributed by atoms with E-state index in [9.17, 15) is 0 Å². The van der Waals surface area contributed by atoms with Crippen LogP contribution < -0.4 is 5.73 Å². The standard InChI is InChI=1S/C6H13N.CH3NO2/c1-4-7(5-2)6-3;2-1(3)4/h4H,1,5-6H2,2-3H3;2H2,(H,3,4). The van der Waals surface area contributed by atoms with Crippen LogP contribution in [0.1, 0.15) is 13.8 Å². The highest BCUT2D eigenvalue weighted by atomic mass is 16.4. The van der Waals surface area contributed by atoms with E-state index in [0.717, 1.165) is 13.1 Å². The molecule has 0 radical (unpaired) electrons. The van der Waals surface area contributed by atoms with E-state index in [1.807, 2.05) is 6.20 Å². The van der Waals surface area contributed by atoms with E-state index in [1.165, 1.54) is 0 Å². The molecule has 0 atom stereocenters. The summed E-state index contributed by atoms with van der Waals surface area (Å²) in [6, 6.07) is 0. The van der Waals surface area contributed by atoms with E-state index in [4.69, 9.17) is 9.90 Å². The molecule has 11 heavy (non-hydrogen) atoms. The molecule has 0 aliphatic carbocycles. The van der Waals surface area contributed by atoms with Gasteiger partial charge in [0.05, 0.1) is 0 Å². The van der Waals surface area contributed by atoms with E-state index >= 15 is 0 Å². The number of carbonyl (C=O) groups is 1. The van der Waals surface area contributed by atoms with Gasteiger partial charge in [-0.05, 0) is 20.0 Å². The number of amides is 1. The number of primary amides is 1. The van der Waals surface area contributed by atoms with Gasteiger partial charge in [0, 0.05) is 13.1 Å². The highest BCUT2D eigenvalue weighted by Crippen LogP contribution is 1.82. The summed E-state index contributed by atoms with van der Waals surface area (Å²) in [6.45, 7) is 10.0. The van der Waals surface area contributed by atoms with Crippen molar-refractivity contribution in [1.82, 2.24) is 4.90 Å². The smallest absolute Gasteiger partial charge is 0.402 e. The molecule has 66 valence electrons. The van der Waals surface area contributed by atoms with Crippen molar-refractivity contribution >= 4 is 6.09 Å².